The second-order valence-corrected chi connectivity index (χ2v) is 8.34. The Morgan fingerprint density at radius 3 is 2.65 bits per heavy atom. The van der Waals surface area contributed by atoms with Gasteiger partial charge in [-0.3, -0.25) is 14.6 Å². The summed E-state index contributed by atoms with van der Waals surface area (Å²) in [4.78, 5) is 41.2. The fourth-order valence-electron chi connectivity index (χ4n) is 4.62. The third kappa shape index (κ3) is 4.10. The number of aromatic nitrogens is 3. The predicted molar refractivity (Wildman–Crippen MR) is 118 cm³/mol. The van der Waals surface area contributed by atoms with Crippen molar-refractivity contribution in [3.05, 3.63) is 54.6 Å². The minimum Gasteiger partial charge on any atom is -0.371 e. The Bertz CT molecular complexity index is 1070. The van der Waals surface area contributed by atoms with Gasteiger partial charge < -0.3 is 20.1 Å². The summed E-state index contributed by atoms with van der Waals surface area (Å²) >= 11 is 0. The van der Waals surface area contributed by atoms with E-state index >= 15 is 0 Å². The number of benzene rings is 1. The molecule has 160 valence electrons. The molecule has 2 aliphatic heterocycles. The van der Waals surface area contributed by atoms with Gasteiger partial charge in [0.2, 0.25) is 5.91 Å². The Morgan fingerprint density at radius 1 is 1.03 bits per heavy atom. The topological polar surface area (TPSA) is 94.2 Å². The van der Waals surface area contributed by atoms with Gasteiger partial charge in [-0.2, -0.15) is 0 Å². The van der Waals surface area contributed by atoms with E-state index in [9.17, 15) is 9.59 Å². The molecule has 0 aliphatic carbocycles. The standard InChI is InChI=1S/C23H26N6O2/c30-22(17-1-2-20-21(13-17)26-15-25-20)27-18-7-12-29(14-18)23(31)16-5-10-28(11-6-16)19-3-8-24-9-4-19/h1-4,8-9,13,15-16,18H,5-7,10-12,14H2,(H,25,26)(H,27,30). The number of H-pyrrole nitrogens is 1. The molecule has 2 saturated heterocycles. The normalized spacial score (nSPS) is 19.7. The molecule has 4 heterocycles. The highest BCUT2D eigenvalue weighted by Gasteiger charge is 2.33. The first-order chi connectivity index (χ1) is 15.2. The Labute approximate surface area is 180 Å². The van der Waals surface area contributed by atoms with E-state index in [1.165, 1.54) is 0 Å². The van der Waals surface area contributed by atoms with Gasteiger partial charge >= 0.3 is 0 Å². The molecular formula is C23H26N6O2. The second kappa shape index (κ2) is 8.37. The number of anilines is 1. The number of likely N-dealkylation sites (tertiary alicyclic amines) is 1. The number of piperidine rings is 1. The highest BCUT2D eigenvalue weighted by Crippen LogP contribution is 2.25. The van der Waals surface area contributed by atoms with Crippen LogP contribution in [0.1, 0.15) is 29.6 Å². The molecule has 3 aromatic rings. The third-order valence-corrected chi connectivity index (χ3v) is 6.39. The van der Waals surface area contributed by atoms with E-state index in [0.717, 1.165) is 49.1 Å². The number of carbonyl (C=O) groups is 2. The molecule has 2 aromatic heterocycles. The highest BCUT2D eigenvalue weighted by atomic mass is 16.2. The highest BCUT2D eigenvalue weighted by molar-refractivity contribution is 5.97. The van der Waals surface area contributed by atoms with Crippen LogP contribution in [0.15, 0.2) is 49.1 Å². The van der Waals surface area contributed by atoms with Crippen LogP contribution in [0.4, 0.5) is 5.69 Å². The molecule has 2 fully saturated rings. The van der Waals surface area contributed by atoms with Gasteiger partial charge in [-0.1, -0.05) is 0 Å². The number of fused-ring (bicyclic) bond motifs is 1. The molecule has 8 nitrogen and oxygen atoms in total. The number of nitrogens with zero attached hydrogens (tertiary/aromatic N) is 4. The number of aromatic amines is 1. The van der Waals surface area contributed by atoms with Crippen molar-refractivity contribution >= 4 is 28.5 Å². The van der Waals surface area contributed by atoms with Gasteiger partial charge in [-0.15, -0.1) is 0 Å². The van der Waals surface area contributed by atoms with Gasteiger partial charge in [-0.05, 0) is 49.6 Å². The second-order valence-electron chi connectivity index (χ2n) is 8.34. The average molecular weight is 419 g/mol. The van der Waals surface area contributed by atoms with Crippen molar-refractivity contribution in [2.45, 2.75) is 25.3 Å². The Kier molecular flexibility index (Phi) is 5.28. The van der Waals surface area contributed by atoms with Crippen LogP contribution in [0.25, 0.3) is 11.0 Å². The molecule has 5 rings (SSSR count). The SMILES string of the molecule is O=C(NC1CCN(C(=O)C2CCN(c3ccncc3)CC2)C1)c1ccc2[nH]cnc2c1. The van der Waals surface area contributed by atoms with Crippen molar-refractivity contribution in [3.63, 3.8) is 0 Å². The number of hydrogen-bond acceptors (Lipinski definition) is 5. The summed E-state index contributed by atoms with van der Waals surface area (Å²) < 4.78 is 0. The molecular weight excluding hydrogens is 392 g/mol. The monoisotopic (exact) mass is 418 g/mol. The molecule has 0 radical (unpaired) electrons. The van der Waals surface area contributed by atoms with E-state index in [-0.39, 0.29) is 23.8 Å². The summed E-state index contributed by atoms with van der Waals surface area (Å²) in [6.45, 7) is 3.04. The van der Waals surface area contributed by atoms with Crippen LogP contribution in [0.2, 0.25) is 0 Å². The fourth-order valence-corrected chi connectivity index (χ4v) is 4.62. The van der Waals surface area contributed by atoms with Crippen molar-refractivity contribution in [3.8, 4) is 0 Å². The zero-order valence-corrected chi connectivity index (χ0v) is 17.3. The zero-order chi connectivity index (χ0) is 21.2. The maximum Gasteiger partial charge on any atom is 0.251 e. The van der Waals surface area contributed by atoms with E-state index < -0.39 is 0 Å². The van der Waals surface area contributed by atoms with E-state index in [1.54, 1.807) is 30.9 Å². The lowest BCUT2D eigenvalue weighted by atomic mass is 9.95. The van der Waals surface area contributed by atoms with E-state index in [4.69, 9.17) is 0 Å². The molecule has 1 atom stereocenters. The molecule has 31 heavy (non-hydrogen) atoms. The third-order valence-electron chi connectivity index (χ3n) is 6.39. The number of carbonyl (C=O) groups excluding carboxylic acids is 2. The molecule has 0 bridgehead atoms. The molecule has 2 amide bonds. The molecule has 8 heteroatoms. The first-order valence-corrected chi connectivity index (χ1v) is 10.8. The molecule has 2 N–H and O–H groups in total. The van der Waals surface area contributed by atoms with Crippen LogP contribution in [0.3, 0.4) is 0 Å². The zero-order valence-electron chi connectivity index (χ0n) is 17.3. The Balaban J connectivity index is 1.13. The Hall–Kier alpha value is -3.42. The summed E-state index contributed by atoms with van der Waals surface area (Å²) in [5.41, 5.74) is 3.43. The largest absolute Gasteiger partial charge is 0.371 e. The fraction of sp³-hybridized carbons (Fsp3) is 0.391. The van der Waals surface area contributed by atoms with Gasteiger partial charge in [-0.25, -0.2) is 4.98 Å². The van der Waals surface area contributed by atoms with E-state index in [1.807, 2.05) is 23.1 Å². The van der Waals surface area contributed by atoms with Gasteiger partial charge in [0.1, 0.15) is 0 Å². The van der Waals surface area contributed by atoms with Crippen molar-refractivity contribution in [1.82, 2.24) is 25.2 Å². The molecule has 1 unspecified atom stereocenters. The Morgan fingerprint density at radius 2 is 1.84 bits per heavy atom. The summed E-state index contributed by atoms with van der Waals surface area (Å²) in [6.07, 6.45) is 7.74. The molecule has 0 spiro atoms. The van der Waals surface area contributed by atoms with Crippen LogP contribution in [0.5, 0.6) is 0 Å². The lowest BCUT2D eigenvalue weighted by Gasteiger charge is -2.34. The summed E-state index contributed by atoms with van der Waals surface area (Å²) in [5.74, 6) is 0.175. The maximum absolute atomic E-state index is 13.0. The number of rotatable bonds is 4. The van der Waals surface area contributed by atoms with Crippen LogP contribution < -0.4 is 10.2 Å². The summed E-state index contributed by atoms with van der Waals surface area (Å²) in [6, 6.07) is 9.46. The number of imidazole rings is 1. The smallest absolute Gasteiger partial charge is 0.251 e. The first-order valence-electron chi connectivity index (χ1n) is 10.8. The van der Waals surface area contributed by atoms with Gasteiger partial charge in [0.25, 0.3) is 5.91 Å². The molecule has 0 saturated carbocycles. The molecule has 1 aromatic carbocycles. The summed E-state index contributed by atoms with van der Waals surface area (Å²) in [7, 11) is 0. The van der Waals surface area contributed by atoms with Gasteiger partial charge in [0.05, 0.1) is 17.4 Å². The quantitative estimate of drug-likeness (QED) is 0.678. The van der Waals surface area contributed by atoms with Gasteiger partial charge in [0.15, 0.2) is 0 Å². The van der Waals surface area contributed by atoms with Crippen molar-refractivity contribution in [2.24, 2.45) is 5.92 Å². The van der Waals surface area contributed by atoms with Crippen LogP contribution in [-0.4, -0.2) is 63.9 Å². The predicted octanol–water partition coefficient (Wildman–Crippen LogP) is 2.21. The van der Waals surface area contributed by atoms with Gasteiger partial charge in [0, 0.05) is 61.8 Å². The van der Waals surface area contributed by atoms with Crippen LogP contribution in [-0.2, 0) is 4.79 Å². The molecule has 2 aliphatic rings. The van der Waals surface area contributed by atoms with Crippen molar-refractivity contribution < 1.29 is 9.59 Å². The minimum atomic E-state index is -0.116. The average Bonchev–Trinajstić information content (AvgIpc) is 3.48. The van der Waals surface area contributed by atoms with Crippen LogP contribution >= 0.6 is 0 Å². The minimum absolute atomic E-state index is 0.0109. The summed E-state index contributed by atoms with van der Waals surface area (Å²) in [5, 5.41) is 3.08. The number of nitrogens with one attached hydrogen (secondary N) is 2. The maximum atomic E-state index is 13.0. The lowest BCUT2D eigenvalue weighted by molar-refractivity contribution is -0.135. The van der Waals surface area contributed by atoms with E-state index in [0.29, 0.717) is 18.7 Å². The van der Waals surface area contributed by atoms with Crippen LogP contribution in [0, 0.1) is 5.92 Å². The number of pyridine rings is 1. The number of amides is 2. The number of hydrogen-bond donors (Lipinski definition) is 2. The lowest BCUT2D eigenvalue weighted by Crippen LogP contribution is -2.43. The first kappa shape index (κ1) is 19.5. The van der Waals surface area contributed by atoms with Crippen molar-refractivity contribution in [2.75, 3.05) is 31.1 Å². The van der Waals surface area contributed by atoms with Crippen molar-refractivity contribution in [1.29, 1.82) is 0 Å². The van der Waals surface area contributed by atoms with E-state index in [2.05, 4.69) is 25.2 Å².